The van der Waals surface area contributed by atoms with Crippen LogP contribution in [0.25, 0.3) is 0 Å². The summed E-state index contributed by atoms with van der Waals surface area (Å²) in [5.41, 5.74) is 0. The zero-order valence-corrected chi connectivity index (χ0v) is 8.81. The summed E-state index contributed by atoms with van der Waals surface area (Å²) in [6.45, 7) is 1.69. The fourth-order valence-electron chi connectivity index (χ4n) is 0.515. The van der Waals surface area contributed by atoms with E-state index in [1.165, 1.54) is 11.3 Å². The van der Waals surface area contributed by atoms with Gasteiger partial charge in [0.15, 0.2) is 0 Å². The van der Waals surface area contributed by atoms with Gasteiger partial charge in [0.05, 0.1) is 5.75 Å². The molecule has 0 atom stereocenters. The Balaban J connectivity index is 0.000000223. The fraction of sp³-hybridized carbons (Fsp3) is 0.429. The van der Waals surface area contributed by atoms with Gasteiger partial charge in [0.1, 0.15) is 5.75 Å². The second-order valence-electron chi connectivity index (χ2n) is 2.27. The molecule has 2 N–H and O–H groups in total. The minimum absolute atomic E-state index is 0.132. The molecule has 0 fully saturated rings. The van der Waals surface area contributed by atoms with Crippen molar-refractivity contribution in [2.24, 2.45) is 0 Å². The van der Waals surface area contributed by atoms with E-state index in [-0.39, 0.29) is 5.75 Å². The summed E-state index contributed by atoms with van der Waals surface area (Å²) >= 11 is 1.49. The Morgan fingerprint density at radius 3 is 2.23 bits per heavy atom. The van der Waals surface area contributed by atoms with Crippen LogP contribution in [0.5, 0.6) is 5.75 Å². The highest BCUT2D eigenvalue weighted by Gasteiger charge is 1.98. The van der Waals surface area contributed by atoms with E-state index in [2.05, 4.69) is 0 Å². The van der Waals surface area contributed by atoms with E-state index < -0.39 is 10.1 Å². The summed E-state index contributed by atoms with van der Waals surface area (Å²) in [6, 6.07) is 1.66. The van der Waals surface area contributed by atoms with Gasteiger partial charge < -0.3 is 5.11 Å². The first-order chi connectivity index (χ1) is 5.95. The van der Waals surface area contributed by atoms with Gasteiger partial charge in [-0.2, -0.15) is 8.42 Å². The first-order valence-corrected chi connectivity index (χ1v) is 6.17. The molecular formula is C7H12O4S2. The van der Waals surface area contributed by atoms with Gasteiger partial charge in [-0.25, -0.2) is 0 Å². The van der Waals surface area contributed by atoms with Crippen molar-refractivity contribution in [2.75, 3.05) is 5.75 Å². The number of aromatic hydroxyl groups is 1. The predicted molar refractivity (Wildman–Crippen MR) is 52.7 cm³/mol. The van der Waals surface area contributed by atoms with Crippen LogP contribution in [0.4, 0.5) is 0 Å². The lowest BCUT2D eigenvalue weighted by molar-refractivity contribution is 0.477. The van der Waals surface area contributed by atoms with Crippen molar-refractivity contribution < 1.29 is 18.1 Å². The van der Waals surface area contributed by atoms with Gasteiger partial charge in [-0.3, -0.25) is 4.55 Å². The van der Waals surface area contributed by atoms with E-state index in [0.717, 1.165) is 0 Å². The van der Waals surface area contributed by atoms with E-state index in [1.54, 1.807) is 18.4 Å². The SMILES string of the molecule is CCCS(=O)(=O)O.Oc1ccsc1. The summed E-state index contributed by atoms with van der Waals surface area (Å²) < 4.78 is 27.6. The van der Waals surface area contributed by atoms with Crippen LogP contribution in [0.15, 0.2) is 16.8 Å². The van der Waals surface area contributed by atoms with Gasteiger partial charge in [-0.15, -0.1) is 11.3 Å². The average molecular weight is 224 g/mol. The van der Waals surface area contributed by atoms with Crippen LogP contribution < -0.4 is 0 Å². The standard InChI is InChI=1S/C4H4OS.C3H8O3S/c5-4-1-2-6-3-4;1-2-3-7(4,5)6/h1-3,5H;2-3H2,1H3,(H,4,5,6). The predicted octanol–water partition coefficient (Wildman–Crippen LogP) is 1.74. The van der Waals surface area contributed by atoms with Crippen molar-refractivity contribution in [2.45, 2.75) is 13.3 Å². The Morgan fingerprint density at radius 1 is 1.54 bits per heavy atom. The maximum absolute atomic E-state index is 9.79. The third kappa shape index (κ3) is 9.32. The molecule has 76 valence electrons. The zero-order chi connectivity index (χ0) is 10.3. The van der Waals surface area contributed by atoms with E-state index >= 15 is 0 Å². The second-order valence-corrected chi connectivity index (χ2v) is 4.62. The van der Waals surface area contributed by atoms with E-state index in [4.69, 9.17) is 9.66 Å². The Kier molecular flexibility index (Phi) is 5.68. The molecule has 0 bridgehead atoms. The van der Waals surface area contributed by atoms with Crippen molar-refractivity contribution in [1.82, 2.24) is 0 Å². The maximum atomic E-state index is 9.79. The smallest absolute Gasteiger partial charge is 0.264 e. The number of hydrogen-bond acceptors (Lipinski definition) is 4. The Morgan fingerprint density at radius 2 is 2.15 bits per heavy atom. The molecule has 1 aromatic heterocycles. The van der Waals surface area contributed by atoms with Crippen LogP contribution >= 0.6 is 11.3 Å². The fourth-order valence-corrected chi connectivity index (χ4v) is 1.55. The molecule has 1 heterocycles. The number of thiophene rings is 1. The highest BCUT2D eigenvalue weighted by Crippen LogP contribution is 2.10. The van der Waals surface area contributed by atoms with Crippen LogP contribution in [-0.2, 0) is 10.1 Å². The Hall–Kier alpha value is -0.590. The van der Waals surface area contributed by atoms with Crippen molar-refractivity contribution in [3.8, 4) is 5.75 Å². The summed E-state index contributed by atoms with van der Waals surface area (Å²) in [5.74, 6) is 0.229. The lowest BCUT2D eigenvalue weighted by atomic mass is 10.6. The minimum Gasteiger partial charge on any atom is -0.507 e. The summed E-state index contributed by atoms with van der Waals surface area (Å²) in [5, 5.41) is 12.0. The molecule has 0 aliphatic heterocycles. The number of rotatable bonds is 2. The normalized spacial score (nSPS) is 10.3. The molecule has 0 aliphatic carbocycles. The van der Waals surface area contributed by atoms with Crippen LogP contribution in [0.1, 0.15) is 13.3 Å². The maximum Gasteiger partial charge on any atom is 0.264 e. The molecule has 1 rings (SSSR count). The largest absolute Gasteiger partial charge is 0.507 e. The highest BCUT2D eigenvalue weighted by atomic mass is 32.2. The first kappa shape index (κ1) is 12.4. The molecule has 0 radical (unpaired) electrons. The second kappa shape index (κ2) is 5.95. The first-order valence-electron chi connectivity index (χ1n) is 3.62. The molecule has 4 nitrogen and oxygen atoms in total. The van der Waals surface area contributed by atoms with Gasteiger partial charge in [0.2, 0.25) is 0 Å². The lowest BCUT2D eigenvalue weighted by Crippen LogP contribution is -2.01. The molecule has 0 spiro atoms. The molecule has 0 aliphatic rings. The van der Waals surface area contributed by atoms with E-state index in [0.29, 0.717) is 12.2 Å². The van der Waals surface area contributed by atoms with Crippen molar-refractivity contribution >= 4 is 21.5 Å². The highest BCUT2D eigenvalue weighted by molar-refractivity contribution is 7.85. The molecule has 0 unspecified atom stereocenters. The molecule has 0 saturated heterocycles. The van der Waals surface area contributed by atoms with E-state index in [9.17, 15) is 8.42 Å². The van der Waals surface area contributed by atoms with Crippen molar-refractivity contribution in [3.05, 3.63) is 16.8 Å². The van der Waals surface area contributed by atoms with Gasteiger partial charge in [-0.1, -0.05) is 6.92 Å². The topological polar surface area (TPSA) is 74.6 Å². The average Bonchev–Trinajstić information content (AvgIpc) is 2.38. The van der Waals surface area contributed by atoms with Crippen molar-refractivity contribution in [1.29, 1.82) is 0 Å². The van der Waals surface area contributed by atoms with Gasteiger partial charge in [-0.05, 0) is 17.9 Å². The third-order valence-electron chi connectivity index (χ3n) is 0.968. The van der Waals surface area contributed by atoms with Gasteiger partial charge in [0.25, 0.3) is 10.1 Å². The van der Waals surface area contributed by atoms with Crippen LogP contribution in [0, 0.1) is 0 Å². The summed E-state index contributed by atoms with van der Waals surface area (Å²) in [6.07, 6.45) is 0.471. The van der Waals surface area contributed by atoms with Crippen molar-refractivity contribution in [3.63, 3.8) is 0 Å². The Bertz CT molecular complexity index is 301. The quantitative estimate of drug-likeness (QED) is 0.750. The van der Waals surface area contributed by atoms with E-state index in [1.807, 2.05) is 5.38 Å². The molecule has 0 amide bonds. The molecular weight excluding hydrogens is 212 g/mol. The minimum atomic E-state index is -3.67. The molecule has 13 heavy (non-hydrogen) atoms. The molecule has 6 heteroatoms. The van der Waals surface area contributed by atoms with Gasteiger partial charge >= 0.3 is 0 Å². The summed E-state index contributed by atoms with van der Waals surface area (Å²) in [7, 11) is -3.67. The zero-order valence-electron chi connectivity index (χ0n) is 7.17. The molecule has 1 aromatic rings. The summed E-state index contributed by atoms with van der Waals surface area (Å²) in [4.78, 5) is 0. The van der Waals surface area contributed by atoms with Crippen LogP contribution in [0.2, 0.25) is 0 Å². The monoisotopic (exact) mass is 224 g/mol. The van der Waals surface area contributed by atoms with Crippen LogP contribution in [-0.4, -0.2) is 23.8 Å². The Labute approximate surface area is 81.6 Å². The lowest BCUT2D eigenvalue weighted by Gasteiger charge is -1.85. The van der Waals surface area contributed by atoms with Crippen LogP contribution in [0.3, 0.4) is 0 Å². The molecule has 0 aromatic carbocycles. The molecule has 0 saturated carbocycles. The van der Waals surface area contributed by atoms with Gasteiger partial charge in [0, 0.05) is 5.38 Å². The number of hydrogen-bond donors (Lipinski definition) is 2. The third-order valence-corrected chi connectivity index (χ3v) is 2.56.